The largest absolute Gasteiger partial charge is 0.549 e. The molecule has 0 fully saturated rings. The van der Waals surface area contributed by atoms with E-state index in [1.807, 2.05) is 0 Å². The Morgan fingerprint density at radius 2 is 2.44 bits per heavy atom. The van der Waals surface area contributed by atoms with Gasteiger partial charge in [-0.05, 0) is 18.6 Å². The van der Waals surface area contributed by atoms with Crippen molar-refractivity contribution in [1.82, 2.24) is 14.9 Å². The van der Waals surface area contributed by atoms with Crippen molar-refractivity contribution in [1.29, 1.82) is 0 Å². The minimum atomic E-state index is -1.15. The maximum atomic E-state index is 10.8. The summed E-state index contributed by atoms with van der Waals surface area (Å²) in [5.74, 6) is 5.46. The van der Waals surface area contributed by atoms with Crippen molar-refractivity contribution >= 4 is 17.7 Å². The predicted octanol–water partition coefficient (Wildman–Crippen LogP) is -0.128. The van der Waals surface area contributed by atoms with Crippen LogP contribution in [0.25, 0.3) is 11.6 Å². The highest BCUT2D eigenvalue weighted by molar-refractivity contribution is 8.00. The van der Waals surface area contributed by atoms with Crippen LogP contribution >= 0.6 is 11.8 Å². The Morgan fingerprint density at radius 3 is 3.00 bits per heavy atom. The summed E-state index contributed by atoms with van der Waals surface area (Å²) >= 11 is 1.00. The zero-order valence-electron chi connectivity index (χ0n) is 9.57. The summed E-state index contributed by atoms with van der Waals surface area (Å²) in [4.78, 5) is 10.8. The van der Waals surface area contributed by atoms with E-state index in [4.69, 9.17) is 10.3 Å². The fourth-order valence-corrected chi connectivity index (χ4v) is 2.16. The van der Waals surface area contributed by atoms with E-state index in [2.05, 4.69) is 10.2 Å². The molecule has 2 aromatic heterocycles. The van der Waals surface area contributed by atoms with Gasteiger partial charge in [0.05, 0.1) is 17.5 Å². The van der Waals surface area contributed by atoms with Gasteiger partial charge in [-0.25, -0.2) is 4.68 Å². The molecule has 0 spiro atoms. The van der Waals surface area contributed by atoms with Crippen molar-refractivity contribution < 1.29 is 14.3 Å². The molecular weight excluding hydrogens is 256 g/mol. The molecule has 0 aliphatic carbocycles. The number of carbonyl (C=O) groups is 1. The average molecular weight is 267 g/mol. The molecule has 2 heterocycles. The maximum Gasteiger partial charge on any atom is 0.218 e. The monoisotopic (exact) mass is 267 g/mol. The van der Waals surface area contributed by atoms with Crippen LogP contribution < -0.4 is 10.9 Å². The van der Waals surface area contributed by atoms with Crippen LogP contribution in [-0.4, -0.2) is 26.1 Å². The maximum absolute atomic E-state index is 10.8. The van der Waals surface area contributed by atoms with Crippen molar-refractivity contribution in [3.8, 4) is 11.6 Å². The quantitative estimate of drug-likeness (QED) is 0.593. The number of nitrogens with zero attached hydrogens (tertiary/aromatic N) is 3. The zero-order valence-corrected chi connectivity index (χ0v) is 10.4. The van der Waals surface area contributed by atoms with E-state index in [1.165, 1.54) is 10.9 Å². The highest BCUT2D eigenvalue weighted by atomic mass is 32.2. The Bertz CT molecular complexity index is 537. The number of hydrogen-bond acceptors (Lipinski definition) is 7. The van der Waals surface area contributed by atoms with Crippen molar-refractivity contribution in [3.63, 3.8) is 0 Å². The van der Waals surface area contributed by atoms with Crippen LogP contribution in [-0.2, 0) is 4.79 Å². The van der Waals surface area contributed by atoms with Crippen molar-refractivity contribution in [2.75, 3.05) is 5.84 Å². The lowest BCUT2D eigenvalue weighted by Gasteiger charge is -2.13. The number of carboxylic acid groups (broad SMARTS) is 1. The van der Waals surface area contributed by atoms with Crippen LogP contribution in [0.5, 0.6) is 0 Å². The van der Waals surface area contributed by atoms with Gasteiger partial charge in [-0.1, -0.05) is 18.7 Å². The second kappa shape index (κ2) is 5.13. The summed E-state index contributed by atoms with van der Waals surface area (Å²) in [7, 11) is 0. The number of rotatable bonds is 5. The van der Waals surface area contributed by atoms with Gasteiger partial charge in [-0.15, -0.1) is 10.2 Å². The normalized spacial score (nSPS) is 12.5. The van der Waals surface area contributed by atoms with Crippen molar-refractivity contribution in [2.45, 2.75) is 23.8 Å². The molecule has 0 saturated heterocycles. The summed E-state index contributed by atoms with van der Waals surface area (Å²) < 4.78 is 6.35. The molecular formula is C10H11N4O3S-. The van der Waals surface area contributed by atoms with Gasteiger partial charge < -0.3 is 20.2 Å². The Hall–Kier alpha value is -1.96. The van der Waals surface area contributed by atoms with E-state index in [0.29, 0.717) is 23.2 Å². The molecule has 1 atom stereocenters. The Balaban J connectivity index is 2.23. The second-order valence-corrected chi connectivity index (χ2v) is 4.66. The van der Waals surface area contributed by atoms with E-state index in [0.717, 1.165) is 11.8 Å². The molecule has 8 heteroatoms. The smallest absolute Gasteiger partial charge is 0.218 e. The minimum absolute atomic E-state index is 0.303. The summed E-state index contributed by atoms with van der Waals surface area (Å²) in [5, 5.41) is 18.1. The van der Waals surface area contributed by atoms with E-state index in [-0.39, 0.29) is 0 Å². The SMILES string of the molecule is CC[C@H](Sc1nnc(-c2ccco2)n1N)C(=O)[O-]. The number of aliphatic carboxylic acids is 1. The van der Waals surface area contributed by atoms with Gasteiger partial charge in [0.15, 0.2) is 5.76 Å². The number of carboxylic acids is 1. The summed E-state index contributed by atoms with van der Waals surface area (Å²) in [6, 6.07) is 3.39. The molecule has 0 aliphatic heterocycles. The molecule has 0 unspecified atom stereocenters. The van der Waals surface area contributed by atoms with E-state index in [9.17, 15) is 9.90 Å². The predicted molar refractivity (Wildman–Crippen MR) is 62.8 cm³/mol. The van der Waals surface area contributed by atoms with Crippen LogP contribution in [0.1, 0.15) is 13.3 Å². The summed E-state index contributed by atoms with van der Waals surface area (Å²) in [6.45, 7) is 1.75. The fraction of sp³-hybridized carbons (Fsp3) is 0.300. The lowest BCUT2D eigenvalue weighted by molar-refractivity contribution is -0.304. The topological polar surface area (TPSA) is 110 Å². The average Bonchev–Trinajstić information content (AvgIpc) is 2.95. The van der Waals surface area contributed by atoms with Gasteiger partial charge in [0, 0.05) is 0 Å². The summed E-state index contributed by atoms with van der Waals surface area (Å²) in [6.07, 6.45) is 1.91. The molecule has 0 aromatic carbocycles. The van der Waals surface area contributed by atoms with Gasteiger partial charge in [0.2, 0.25) is 11.0 Å². The zero-order chi connectivity index (χ0) is 13.1. The number of aromatic nitrogens is 3. The van der Waals surface area contributed by atoms with Gasteiger partial charge >= 0.3 is 0 Å². The standard InChI is InChI=1S/C10H12N4O3S/c1-2-7(9(15)16)18-10-13-12-8(14(10)11)6-4-3-5-17-6/h3-5,7H,2,11H2,1H3,(H,15,16)/p-1/t7-/m0/s1. The fourth-order valence-electron chi connectivity index (χ4n) is 1.36. The molecule has 2 rings (SSSR count). The van der Waals surface area contributed by atoms with Gasteiger partial charge in [0.1, 0.15) is 0 Å². The van der Waals surface area contributed by atoms with Crippen LogP contribution in [0.4, 0.5) is 0 Å². The lowest BCUT2D eigenvalue weighted by Crippen LogP contribution is -2.33. The van der Waals surface area contributed by atoms with E-state index >= 15 is 0 Å². The first-order valence-corrected chi connectivity index (χ1v) is 6.13. The molecule has 7 nitrogen and oxygen atoms in total. The highest BCUT2D eigenvalue weighted by Gasteiger charge is 2.18. The van der Waals surface area contributed by atoms with Crippen LogP contribution in [0.3, 0.4) is 0 Å². The Labute approximate surface area is 107 Å². The highest BCUT2D eigenvalue weighted by Crippen LogP contribution is 2.25. The molecule has 0 aliphatic rings. The number of furan rings is 1. The minimum Gasteiger partial charge on any atom is -0.549 e. The first-order chi connectivity index (χ1) is 8.63. The molecule has 96 valence electrons. The third-order valence-corrected chi connectivity index (χ3v) is 3.59. The van der Waals surface area contributed by atoms with E-state index < -0.39 is 11.2 Å². The van der Waals surface area contributed by atoms with E-state index in [1.54, 1.807) is 19.1 Å². The van der Waals surface area contributed by atoms with Crippen LogP contribution in [0, 0.1) is 0 Å². The Morgan fingerprint density at radius 1 is 1.67 bits per heavy atom. The molecule has 2 N–H and O–H groups in total. The van der Waals surface area contributed by atoms with Crippen molar-refractivity contribution in [2.24, 2.45) is 0 Å². The van der Waals surface area contributed by atoms with Crippen molar-refractivity contribution in [3.05, 3.63) is 18.4 Å². The van der Waals surface area contributed by atoms with Gasteiger partial charge in [-0.2, -0.15) is 0 Å². The molecule has 0 amide bonds. The number of carbonyl (C=O) groups excluding carboxylic acids is 1. The molecule has 18 heavy (non-hydrogen) atoms. The van der Waals surface area contributed by atoms with Gasteiger partial charge in [-0.3, -0.25) is 0 Å². The van der Waals surface area contributed by atoms with Crippen LogP contribution in [0.15, 0.2) is 28.0 Å². The number of thioether (sulfide) groups is 1. The number of nitrogen functional groups attached to an aromatic ring is 1. The third-order valence-electron chi connectivity index (χ3n) is 2.29. The first-order valence-electron chi connectivity index (χ1n) is 5.25. The molecule has 0 bridgehead atoms. The third kappa shape index (κ3) is 2.33. The molecule has 0 radical (unpaired) electrons. The van der Waals surface area contributed by atoms with Crippen LogP contribution in [0.2, 0.25) is 0 Å². The first kappa shape index (κ1) is 12.5. The lowest BCUT2D eigenvalue weighted by atomic mass is 10.3. The number of nitrogens with two attached hydrogens (primary N) is 1. The Kier molecular flexibility index (Phi) is 3.56. The molecule has 2 aromatic rings. The number of hydrogen-bond donors (Lipinski definition) is 1. The molecule has 0 saturated carbocycles. The summed E-state index contributed by atoms with van der Waals surface area (Å²) in [5.41, 5.74) is 0. The van der Waals surface area contributed by atoms with Gasteiger partial charge in [0.25, 0.3) is 0 Å². The second-order valence-electron chi connectivity index (χ2n) is 3.49.